The fourth-order valence-corrected chi connectivity index (χ4v) is 2.56. The lowest BCUT2D eigenvalue weighted by Crippen LogP contribution is -2.13. The fraction of sp³-hybridized carbons (Fsp3) is 0.312. The maximum absolute atomic E-state index is 9.31. The minimum atomic E-state index is 0.661. The third-order valence-electron chi connectivity index (χ3n) is 2.88. The topological polar surface area (TPSA) is 61.6 Å². The molecule has 0 fully saturated rings. The van der Waals surface area contributed by atoms with Crippen molar-refractivity contribution in [1.29, 1.82) is 5.26 Å². The van der Waals surface area contributed by atoms with Crippen LogP contribution in [0.1, 0.15) is 30.0 Å². The molecule has 1 aromatic heterocycles. The highest BCUT2D eigenvalue weighted by atomic mass is 32.2. The second kappa shape index (κ2) is 7.77. The highest BCUT2D eigenvalue weighted by Crippen LogP contribution is 2.28. The molecule has 1 heterocycles. The van der Waals surface area contributed by atoms with E-state index in [9.17, 15) is 5.26 Å². The van der Waals surface area contributed by atoms with Crippen molar-refractivity contribution < 1.29 is 0 Å². The number of benzene rings is 1. The second-order valence-corrected chi connectivity index (χ2v) is 5.77. The van der Waals surface area contributed by atoms with Gasteiger partial charge in [0.1, 0.15) is 6.07 Å². The summed E-state index contributed by atoms with van der Waals surface area (Å²) in [5.41, 5.74) is 2.81. The van der Waals surface area contributed by atoms with E-state index in [-0.39, 0.29) is 0 Å². The first kappa shape index (κ1) is 15.5. The van der Waals surface area contributed by atoms with Crippen LogP contribution in [-0.4, -0.2) is 16.5 Å². The monoisotopic (exact) mass is 298 g/mol. The maximum Gasteiger partial charge on any atom is 0.192 e. The van der Waals surface area contributed by atoms with E-state index in [1.54, 1.807) is 12.4 Å². The molecule has 0 amide bonds. The molecule has 0 bridgehead atoms. The minimum Gasteiger partial charge on any atom is -0.313 e. The summed E-state index contributed by atoms with van der Waals surface area (Å²) < 4.78 is 0. The number of aryl methyl sites for hydroxylation is 1. The lowest BCUT2D eigenvalue weighted by Gasteiger charge is -2.07. The normalized spacial score (nSPS) is 10.3. The zero-order chi connectivity index (χ0) is 15.1. The number of hydrogen-bond acceptors (Lipinski definition) is 5. The Morgan fingerprint density at radius 2 is 2.05 bits per heavy atom. The molecule has 0 aliphatic heterocycles. The molecule has 0 aliphatic rings. The first-order valence-electron chi connectivity index (χ1n) is 6.93. The Kier molecular flexibility index (Phi) is 5.73. The summed E-state index contributed by atoms with van der Waals surface area (Å²) in [6.45, 7) is 5.85. The van der Waals surface area contributed by atoms with E-state index in [4.69, 9.17) is 0 Å². The van der Waals surface area contributed by atoms with E-state index < -0.39 is 0 Å². The average Bonchev–Trinajstić information content (AvgIpc) is 2.51. The van der Waals surface area contributed by atoms with Gasteiger partial charge in [-0.3, -0.25) is 0 Å². The average molecular weight is 298 g/mol. The lowest BCUT2D eigenvalue weighted by atomic mass is 10.1. The van der Waals surface area contributed by atoms with Crippen molar-refractivity contribution in [3.8, 4) is 6.07 Å². The number of rotatable bonds is 6. The van der Waals surface area contributed by atoms with Crippen LogP contribution in [0.4, 0.5) is 0 Å². The number of nitrogens with one attached hydrogen (secondary N) is 1. The van der Waals surface area contributed by atoms with Crippen molar-refractivity contribution in [1.82, 2.24) is 15.3 Å². The van der Waals surface area contributed by atoms with Crippen molar-refractivity contribution in [3.05, 3.63) is 47.3 Å². The van der Waals surface area contributed by atoms with Crippen LogP contribution in [0.3, 0.4) is 0 Å². The van der Waals surface area contributed by atoms with Gasteiger partial charge >= 0.3 is 0 Å². The van der Waals surface area contributed by atoms with Gasteiger partial charge in [-0.1, -0.05) is 13.0 Å². The van der Waals surface area contributed by atoms with Crippen LogP contribution >= 0.6 is 11.8 Å². The summed E-state index contributed by atoms with van der Waals surface area (Å²) in [5, 5.41) is 13.3. The predicted molar refractivity (Wildman–Crippen MR) is 84.0 cm³/mol. The Morgan fingerprint density at radius 1 is 1.29 bits per heavy atom. The van der Waals surface area contributed by atoms with Crippen LogP contribution in [0.25, 0.3) is 0 Å². The minimum absolute atomic E-state index is 0.661. The van der Waals surface area contributed by atoms with Gasteiger partial charge < -0.3 is 5.32 Å². The van der Waals surface area contributed by atoms with Gasteiger partial charge in [-0.25, -0.2) is 9.97 Å². The molecule has 2 rings (SSSR count). The third-order valence-corrected chi connectivity index (χ3v) is 3.85. The lowest BCUT2D eigenvalue weighted by molar-refractivity contribution is 0.675. The zero-order valence-corrected chi connectivity index (χ0v) is 13.1. The Labute approximate surface area is 129 Å². The molecule has 1 N–H and O–H groups in total. The van der Waals surface area contributed by atoms with E-state index in [0.717, 1.165) is 35.5 Å². The quantitative estimate of drug-likeness (QED) is 0.655. The molecule has 0 radical (unpaired) electrons. The zero-order valence-electron chi connectivity index (χ0n) is 12.3. The standard InChI is InChI=1S/C16H18N4S/c1-3-6-18-11-13-4-5-15(14(7-13)8-17)21-16-19-9-12(2)10-20-16/h4-5,7,9-10,18H,3,6,11H2,1-2H3. The molecule has 0 unspecified atom stereocenters. The number of aromatic nitrogens is 2. The third kappa shape index (κ3) is 4.55. The number of hydrogen-bond donors (Lipinski definition) is 1. The van der Waals surface area contributed by atoms with Crippen LogP contribution in [0.2, 0.25) is 0 Å². The van der Waals surface area contributed by atoms with Crippen molar-refractivity contribution in [2.75, 3.05) is 6.54 Å². The van der Waals surface area contributed by atoms with Crippen LogP contribution in [0.15, 0.2) is 40.6 Å². The smallest absolute Gasteiger partial charge is 0.192 e. The summed E-state index contributed by atoms with van der Waals surface area (Å²) in [7, 11) is 0. The highest BCUT2D eigenvalue weighted by Gasteiger charge is 2.07. The Morgan fingerprint density at radius 3 is 2.71 bits per heavy atom. The van der Waals surface area contributed by atoms with Crippen LogP contribution in [0, 0.1) is 18.3 Å². The Bertz CT molecular complexity index is 632. The molecule has 108 valence electrons. The van der Waals surface area contributed by atoms with Gasteiger partial charge in [-0.2, -0.15) is 5.26 Å². The molecule has 2 aromatic rings. The van der Waals surface area contributed by atoms with Crippen LogP contribution in [-0.2, 0) is 6.54 Å². The first-order valence-corrected chi connectivity index (χ1v) is 7.75. The van der Waals surface area contributed by atoms with Gasteiger partial charge in [0.25, 0.3) is 0 Å². The molecular weight excluding hydrogens is 280 g/mol. The Hall–Kier alpha value is -1.90. The van der Waals surface area contributed by atoms with Crippen LogP contribution in [0.5, 0.6) is 0 Å². The molecule has 21 heavy (non-hydrogen) atoms. The largest absolute Gasteiger partial charge is 0.313 e. The molecule has 0 spiro atoms. The van der Waals surface area contributed by atoms with Gasteiger partial charge in [0.15, 0.2) is 5.16 Å². The van der Waals surface area contributed by atoms with E-state index in [0.29, 0.717) is 10.7 Å². The first-order chi connectivity index (χ1) is 10.2. The van der Waals surface area contributed by atoms with Gasteiger partial charge in [-0.05, 0) is 54.9 Å². The Balaban J connectivity index is 2.12. The van der Waals surface area contributed by atoms with E-state index in [1.165, 1.54) is 11.8 Å². The summed E-state index contributed by atoms with van der Waals surface area (Å²) in [5.74, 6) is 0. The molecule has 0 saturated carbocycles. The molecule has 4 nitrogen and oxygen atoms in total. The molecular formula is C16H18N4S. The van der Waals surface area contributed by atoms with E-state index >= 15 is 0 Å². The SMILES string of the molecule is CCCNCc1ccc(Sc2ncc(C)cn2)c(C#N)c1. The van der Waals surface area contributed by atoms with Crippen molar-refractivity contribution in [3.63, 3.8) is 0 Å². The van der Waals surface area contributed by atoms with Gasteiger partial charge in [-0.15, -0.1) is 0 Å². The highest BCUT2D eigenvalue weighted by molar-refractivity contribution is 7.99. The summed E-state index contributed by atoms with van der Waals surface area (Å²) in [6, 6.07) is 8.19. The van der Waals surface area contributed by atoms with Crippen molar-refractivity contribution in [2.45, 2.75) is 36.9 Å². The predicted octanol–water partition coefficient (Wildman–Crippen LogP) is 3.31. The van der Waals surface area contributed by atoms with Gasteiger partial charge in [0.2, 0.25) is 0 Å². The summed E-state index contributed by atoms with van der Waals surface area (Å²) in [4.78, 5) is 9.41. The molecule has 1 aromatic carbocycles. The second-order valence-electron chi connectivity index (χ2n) is 4.76. The molecule has 0 aliphatic carbocycles. The summed E-state index contributed by atoms with van der Waals surface area (Å²) >= 11 is 1.42. The fourth-order valence-electron chi connectivity index (χ4n) is 1.80. The van der Waals surface area contributed by atoms with Gasteiger partial charge in [0.05, 0.1) is 5.56 Å². The summed E-state index contributed by atoms with van der Waals surface area (Å²) in [6.07, 6.45) is 4.67. The van der Waals surface area contributed by atoms with Crippen molar-refractivity contribution >= 4 is 11.8 Å². The molecule has 0 atom stereocenters. The molecule has 5 heteroatoms. The van der Waals surface area contributed by atoms with Crippen LogP contribution < -0.4 is 5.32 Å². The maximum atomic E-state index is 9.31. The number of nitrogens with zero attached hydrogens (tertiary/aromatic N) is 3. The molecule has 0 saturated heterocycles. The van der Waals surface area contributed by atoms with E-state index in [2.05, 4.69) is 28.3 Å². The van der Waals surface area contributed by atoms with E-state index in [1.807, 2.05) is 25.1 Å². The van der Waals surface area contributed by atoms with Crippen molar-refractivity contribution in [2.24, 2.45) is 0 Å². The number of nitriles is 1. The van der Waals surface area contributed by atoms with Gasteiger partial charge in [0, 0.05) is 23.8 Å².